The largest absolute Gasteiger partial charge is 0.493 e. The van der Waals surface area contributed by atoms with E-state index in [1.165, 1.54) is 31.4 Å². The first-order valence-corrected chi connectivity index (χ1v) is 7.28. The van der Waals surface area contributed by atoms with E-state index in [0.29, 0.717) is 0 Å². The molecule has 0 aromatic heterocycles. The van der Waals surface area contributed by atoms with Crippen LogP contribution < -0.4 is 14.8 Å². The van der Waals surface area contributed by atoms with Gasteiger partial charge in [0.2, 0.25) is 5.91 Å². The summed E-state index contributed by atoms with van der Waals surface area (Å²) in [6, 6.07) is 8.20. The van der Waals surface area contributed by atoms with Gasteiger partial charge in [0.1, 0.15) is 0 Å². The number of alkyl halides is 5. The Bertz CT molecular complexity index is 777. The second-order valence-corrected chi connectivity index (χ2v) is 5.17. The quantitative estimate of drug-likeness (QED) is 0.757. The molecule has 9 heteroatoms. The third-order valence-electron chi connectivity index (χ3n) is 3.28. The van der Waals surface area contributed by atoms with Gasteiger partial charge in [-0.15, -0.1) is 0 Å². The van der Waals surface area contributed by atoms with Crippen LogP contribution >= 0.6 is 0 Å². The van der Waals surface area contributed by atoms with E-state index in [1.807, 2.05) is 0 Å². The number of nitrogens with one attached hydrogen (secondary N) is 1. The topological polar surface area (TPSA) is 47.6 Å². The lowest BCUT2D eigenvalue weighted by Crippen LogP contribution is -2.15. The zero-order valence-corrected chi connectivity index (χ0v) is 13.4. The smallest absolute Gasteiger partial charge is 0.416 e. The molecule has 0 spiro atoms. The summed E-state index contributed by atoms with van der Waals surface area (Å²) in [5.74, 6) is -0.849. The van der Waals surface area contributed by atoms with Gasteiger partial charge in [-0.2, -0.15) is 22.0 Å². The Morgan fingerprint density at radius 3 is 2.46 bits per heavy atom. The fraction of sp³-hybridized carbons (Fsp3) is 0.235. The van der Waals surface area contributed by atoms with Crippen molar-refractivity contribution in [2.75, 3.05) is 12.4 Å². The molecule has 2 rings (SSSR count). The van der Waals surface area contributed by atoms with Crippen molar-refractivity contribution in [3.05, 3.63) is 53.6 Å². The van der Waals surface area contributed by atoms with E-state index >= 15 is 0 Å². The summed E-state index contributed by atoms with van der Waals surface area (Å²) in [5.41, 5.74) is -0.562. The Kier molecular flexibility index (Phi) is 6.01. The monoisotopic (exact) mass is 375 g/mol. The van der Waals surface area contributed by atoms with Crippen LogP contribution in [-0.2, 0) is 17.4 Å². The molecule has 0 aliphatic carbocycles. The van der Waals surface area contributed by atoms with E-state index in [9.17, 15) is 26.7 Å². The molecule has 1 amide bonds. The molecule has 4 nitrogen and oxygen atoms in total. The third-order valence-corrected chi connectivity index (χ3v) is 3.28. The van der Waals surface area contributed by atoms with E-state index in [2.05, 4.69) is 10.1 Å². The second kappa shape index (κ2) is 8.03. The van der Waals surface area contributed by atoms with Gasteiger partial charge < -0.3 is 14.8 Å². The summed E-state index contributed by atoms with van der Waals surface area (Å²) < 4.78 is 72.0. The number of methoxy groups -OCH3 is 1. The van der Waals surface area contributed by atoms with E-state index < -0.39 is 24.3 Å². The summed E-state index contributed by atoms with van der Waals surface area (Å²) in [5, 5.41) is 2.41. The Morgan fingerprint density at radius 1 is 1.12 bits per heavy atom. The number of benzene rings is 2. The SMILES string of the molecule is COc1ccc(NC(=O)Cc2cccc(C(F)(F)F)c2)cc1OC(F)F. The van der Waals surface area contributed by atoms with Crippen molar-refractivity contribution < 1.29 is 36.2 Å². The second-order valence-electron chi connectivity index (χ2n) is 5.17. The number of halogens is 5. The highest BCUT2D eigenvalue weighted by Gasteiger charge is 2.30. The zero-order chi connectivity index (χ0) is 19.3. The zero-order valence-electron chi connectivity index (χ0n) is 13.4. The maximum Gasteiger partial charge on any atom is 0.416 e. The van der Waals surface area contributed by atoms with Crippen LogP contribution in [0.25, 0.3) is 0 Å². The number of anilines is 1. The maximum atomic E-state index is 12.7. The number of rotatable bonds is 6. The molecular formula is C17H14F5NO3. The van der Waals surface area contributed by atoms with E-state index in [1.54, 1.807) is 0 Å². The summed E-state index contributed by atoms with van der Waals surface area (Å²) >= 11 is 0. The highest BCUT2D eigenvalue weighted by atomic mass is 19.4. The molecule has 140 valence electrons. The van der Waals surface area contributed by atoms with E-state index in [4.69, 9.17) is 4.74 Å². The molecule has 0 aliphatic heterocycles. The number of amides is 1. The van der Waals surface area contributed by atoms with Crippen molar-refractivity contribution in [2.24, 2.45) is 0 Å². The van der Waals surface area contributed by atoms with Gasteiger partial charge in [-0.3, -0.25) is 4.79 Å². The van der Waals surface area contributed by atoms with Crippen LogP contribution in [0.5, 0.6) is 11.5 Å². The molecule has 0 saturated heterocycles. The Balaban J connectivity index is 2.10. The van der Waals surface area contributed by atoms with E-state index in [0.717, 1.165) is 18.2 Å². The Labute approximate surface area is 145 Å². The number of carbonyl (C=O) groups is 1. The Hall–Kier alpha value is -2.84. The van der Waals surface area contributed by atoms with Gasteiger partial charge in [0.15, 0.2) is 11.5 Å². The minimum atomic E-state index is -4.51. The van der Waals surface area contributed by atoms with Gasteiger partial charge in [0, 0.05) is 11.8 Å². The van der Waals surface area contributed by atoms with Crippen LogP contribution in [0.15, 0.2) is 42.5 Å². The minimum absolute atomic E-state index is 0.0428. The first-order chi connectivity index (χ1) is 12.2. The number of hydrogen-bond donors (Lipinski definition) is 1. The van der Waals surface area contributed by atoms with Crippen molar-refractivity contribution in [1.82, 2.24) is 0 Å². The van der Waals surface area contributed by atoms with E-state index in [-0.39, 0.29) is 29.2 Å². The lowest BCUT2D eigenvalue weighted by Gasteiger charge is -2.12. The Morgan fingerprint density at radius 2 is 1.85 bits per heavy atom. The normalized spacial score (nSPS) is 11.3. The van der Waals surface area contributed by atoms with Crippen LogP contribution in [0.4, 0.5) is 27.6 Å². The molecule has 0 bridgehead atoms. The van der Waals surface area contributed by atoms with Gasteiger partial charge in [0.25, 0.3) is 0 Å². The average molecular weight is 375 g/mol. The van der Waals surface area contributed by atoms with Crippen LogP contribution in [0, 0.1) is 0 Å². The van der Waals surface area contributed by atoms with Crippen LogP contribution in [0.3, 0.4) is 0 Å². The van der Waals surface area contributed by atoms with Gasteiger partial charge in [-0.05, 0) is 23.8 Å². The predicted molar refractivity (Wildman–Crippen MR) is 83.4 cm³/mol. The van der Waals surface area contributed by atoms with Crippen molar-refractivity contribution in [2.45, 2.75) is 19.2 Å². The number of hydrogen-bond acceptors (Lipinski definition) is 3. The highest BCUT2D eigenvalue weighted by Crippen LogP contribution is 2.32. The molecular weight excluding hydrogens is 361 g/mol. The van der Waals surface area contributed by atoms with Gasteiger partial charge in [-0.1, -0.05) is 18.2 Å². The summed E-state index contributed by atoms with van der Waals surface area (Å²) in [6.45, 7) is -3.08. The lowest BCUT2D eigenvalue weighted by atomic mass is 10.1. The van der Waals surface area contributed by atoms with Crippen molar-refractivity contribution in [3.63, 3.8) is 0 Å². The molecule has 0 heterocycles. The molecule has 0 atom stereocenters. The molecule has 26 heavy (non-hydrogen) atoms. The average Bonchev–Trinajstić information content (AvgIpc) is 2.54. The number of carbonyl (C=O) groups excluding carboxylic acids is 1. The van der Waals surface area contributed by atoms with Crippen molar-refractivity contribution in [1.29, 1.82) is 0 Å². The first kappa shape index (κ1) is 19.5. The predicted octanol–water partition coefficient (Wildman–Crippen LogP) is 4.50. The first-order valence-electron chi connectivity index (χ1n) is 7.28. The van der Waals surface area contributed by atoms with Crippen molar-refractivity contribution >= 4 is 11.6 Å². The van der Waals surface area contributed by atoms with Gasteiger partial charge in [-0.25, -0.2) is 0 Å². The lowest BCUT2D eigenvalue weighted by molar-refractivity contribution is -0.137. The fourth-order valence-corrected chi connectivity index (χ4v) is 2.19. The molecule has 0 radical (unpaired) electrons. The number of ether oxygens (including phenoxy) is 2. The van der Waals surface area contributed by atoms with Crippen LogP contribution in [-0.4, -0.2) is 19.6 Å². The third kappa shape index (κ3) is 5.33. The molecule has 1 N–H and O–H groups in total. The summed E-state index contributed by atoms with van der Waals surface area (Å²) in [6.07, 6.45) is -4.83. The molecule has 0 unspecified atom stereocenters. The standard InChI is InChI=1S/C17H14F5NO3/c1-25-13-6-5-12(9-14(13)26-16(18)19)23-15(24)8-10-3-2-4-11(7-10)17(20,21)22/h2-7,9,16H,8H2,1H3,(H,23,24). The summed E-state index contributed by atoms with van der Waals surface area (Å²) in [7, 11) is 1.26. The maximum absolute atomic E-state index is 12.7. The minimum Gasteiger partial charge on any atom is -0.493 e. The van der Waals surface area contributed by atoms with Crippen LogP contribution in [0.2, 0.25) is 0 Å². The van der Waals surface area contributed by atoms with Crippen molar-refractivity contribution in [3.8, 4) is 11.5 Å². The van der Waals surface area contributed by atoms with Gasteiger partial charge in [0.05, 0.1) is 19.1 Å². The summed E-state index contributed by atoms with van der Waals surface area (Å²) in [4.78, 5) is 12.0. The van der Waals surface area contributed by atoms with Gasteiger partial charge >= 0.3 is 12.8 Å². The molecule has 2 aromatic rings. The highest BCUT2D eigenvalue weighted by molar-refractivity contribution is 5.92. The molecule has 2 aromatic carbocycles. The van der Waals surface area contributed by atoms with Crippen LogP contribution in [0.1, 0.15) is 11.1 Å². The molecule has 0 aliphatic rings. The molecule has 0 saturated carbocycles. The fourth-order valence-electron chi connectivity index (χ4n) is 2.19. The molecule has 0 fully saturated rings.